The van der Waals surface area contributed by atoms with Crippen LogP contribution in [0.25, 0.3) is 0 Å². The minimum absolute atomic E-state index is 0.0461. The van der Waals surface area contributed by atoms with Gasteiger partial charge in [0.1, 0.15) is 0 Å². The quantitative estimate of drug-likeness (QED) is 0.594. The van der Waals surface area contributed by atoms with Crippen LogP contribution in [0.3, 0.4) is 0 Å². The molecule has 0 aliphatic heterocycles. The van der Waals surface area contributed by atoms with E-state index in [1.807, 2.05) is 42.5 Å². The Morgan fingerprint density at radius 3 is 2.00 bits per heavy atom. The Morgan fingerprint density at radius 2 is 1.52 bits per heavy atom. The maximum Gasteiger partial charge on any atom is 0.261 e. The molecule has 6 heteroatoms. The molecule has 2 rings (SSSR count). The minimum atomic E-state index is -3.67. The summed E-state index contributed by atoms with van der Waals surface area (Å²) in [5.74, 6) is 0. The fourth-order valence-corrected chi connectivity index (χ4v) is 1.73. The molecule has 5 N–H and O–H groups in total. The van der Waals surface area contributed by atoms with Gasteiger partial charge in [0.25, 0.3) is 10.1 Å². The lowest BCUT2D eigenvalue weighted by Gasteiger charge is -2.12. The van der Waals surface area contributed by atoms with E-state index in [-0.39, 0.29) is 6.04 Å². The average molecular weight is 308 g/mol. The molecule has 1 atom stereocenters. The summed E-state index contributed by atoms with van der Waals surface area (Å²) in [6.07, 6.45) is 1.55. The monoisotopic (exact) mass is 308 g/mol. The van der Waals surface area contributed by atoms with Gasteiger partial charge >= 0.3 is 0 Å². The molecule has 0 amide bonds. The minimum Gasteiger partial charge on any atom is -0.399 e. The molecule has 21 heavy (non-hydrogen) atoms. The van der Waals surface area contributed by atoms with Gasteiger partial charge in [0.05, 0.1) is 6.26 Å². The molecule has 2 aromatic carbocycles. The van der Waals surface area contributed by atoms with Crippen LogP contribution in [-0.2, 0) is 16.5 Å². The normalized spacial score (nSPS) is 12.1. The van der Waals surface area contributed by atoms with Crippen LogP contribution in [-0.4, -0.2) is 19.2 Å². The van der Waals surface area contributed by atoms with Gasteiger partial charge in [-0.05, 0) is 29.7 Å². The molecule has 0 saturated heterocycles. The highest BCUT2D eigenvalue weighted by Gasteiger charge is 2.05. The molecule has 0 radical (unpaired) electrons. The van der Waals surface area contributed by atoms with E-state index in [4.69, 9.17) is 16.0 Å². The van der Waals surface area contributed by atoms with Crippen LogP contribution in [0.2, 0.25) is 0 Å². The highest BCUT2D eigenvalue weighted by Crippen LogP contribution is 2.16. The van der Waals surface area contributed by atoms with Gasteiger partial charge in [-0.3, -0.25) is 4.55 Å². The first-order valence-electron chi connectivity index (χ1n) is 6.33. The first kappa shape index (κ1) is 17.2. The largest absolute Gasteiger partial charge is 0.399 e. The van der Waals surface area contributed by atoms with Gasteiger partial charge < -0.3 is 11.5 Å². The Hall–Kier alpha value is -1.89. The Balaban J connectivity index is 0.000000383. The molecule has 0 bridgehead atoms. The van der Waals surface area contributed by atoms with Crippen molar-refractivity contribution in [3.05, 3.63) is 65.7 Å². The predicted octanol–water partition coefficient (Wildman–Crippen LogP) is 2.02. The molecule has 114 valence electrons. The fourth-order valence-electron chi connectivity index (χ4n) is 1.73. The Labute approximate surface area is 125 Å². The lowest BCUT2D eigenvalue weighted by atomic mass is 10.00. The summed E-state index contributed by atoms with van der Waals surface area (Å²) < 4.78 is 25.9. The van der Waals surface area contributed by atoms with E-state index in [1.54, 1.807) is 0 Å². The standard InChI is InChI=1S/C14H16N2.CH4O3S/c15-13-8-6-11(7-9-13)10-14(16)12-4-2-1-3-5-12;1-5(2,3)4/h1-9,14H,10,15-16H2;1H3,(H,2,3,4)/t14-;/m0./s1. The van der Waals surface area contributed by atoms with Crippen molar-refractivity contribution in [1.29, 1.82) is 0 Å². The maximum absolute atomic E-state index is 9.19. The molecule has 5 nitrogen and oxygen atoms in total. The Bertz CT molecular complexity index is 632. The van der Waals surface area contributed by atoms with E-state index in [9.17, 15) is 8.42 Å². The van der Waals surface area contributed by atoms with Crippen LogP contribution < -0.4 is 11.5 Å². The molecule has 0 aromatic heterocycles. The van der Waals surface area contributed by atoms with E-state index in [0.717, 1.165) is 12.1 Å². The van der Waals surface area contributed by atoms with E-state index < -0.39 is 10.1 Å². The van der Waals surface area contributed by atoms with Crippen LogP contribution in [0, 0.1) is 0 Å². The molecule has 0 fully saturated rings. The van der Waals surface area contributed by atoms with Gasteiger partial charge in [-0.2, -0.15) is 8.42 Å². The first-order chi connectivity index (χ1) is 9.75. The third-order valence-corrected chi connectivity index (χ3v) is 2.66. The summed E-state index contributed by atoms with van der Waals surface area (Å²) in [6, 6.07) is 18.1. The molecule has 0 saturated carbocycles. The second-order valence-corrected chi connectivity index (χ2v) is 6.16. The molecular formula is C15H20N2O3S. The van der Waals surface area contributed by atoms with Crippen molar-refractivity contribution in [2.45, 2.75) is 12.5 Å². The van der Waals surface area contributed by atoms with Gasteiger partial charge in [0, 0.05) is 11.7 Å². The van der Waals surface area contributed by atoms with E-state index in [0.29, 0.717) is 6.26 Å². The number of benzene rings is 2. The summed E-state index contributed by atoms with van der Waals surface area (Å²) in [5.41, 5.74) is 14.9. The van der Waals surface area contributed by atoms with Crippen LogP contribution in [0.5, 0.6) is 0 Å². The number of anilines is 1. The summed E-state index contributed by atoms with van der Waals surface area (Å²) >= 11 is 0. The van der Waals surface area contributed by atoms with Gasteiger partial charge in [-0.25, -0.2) is 0 Å². The van der Waals surface area contributed by atoms with Crippen molar-refractivity contribution in [3.63, 3.8) is 0 Å². The maximum atomic E-state index is 9.19. The molecule has 2 aromatic rings. The van der Waals surface area contributed by atoms with Gasteiger partial charge in [0.2, 0.25) is 0 Å². The van der Waals surface area contributed by atoms with Crippen LogP contribution >= 0.6 is 0 Å². The Kier molecular flexibility index (Phi) is 6.36. The number of hydrogen-bond donors (Lipinski definition) is 3. The molecule has 0 heterocycles. The summed E-state index contributed by atoms with van der Waals surface area (Å²) in [7, 11) is -3.67. The van der Waals surface area contributed by atoms with Gasteiger partial charge in [0.15, 0.2) is 0 Å². The highest BCUT2D eigenvalue weighted by molar-refractivity contribution is 7.85. The molecule has 0 spiro atoms. The van der Waals surface area contributed by atoms with Crippen molar-refractivity contribution in [3.8, 4) is 0 Å². The van der Waals surface area contributed by atoms with E-state index in [1.165, 1.54) is 11.1 Å². The van der Waals surface area contributed by atoms with Crippen molar-refractivity contribution in [2.24, 2.45) is 5.73 Å². The zero-order valence-corrected chi connectivity index (χ0v) is 12.6. The van der Waals surface area contributed by atoms with E-state index in [2.05, 4.69) is 12.1 Å². The predicted molar refractivity (Wildman–Crippen MR) is 85.4 cm³/mol. The van der Waals surface area contributed by atoms with Crippen molar-refractivity contribution in [1.82, 2.24) is 0 Å². The average Bonchev–Trinajstić information content (AvgIpc) is 2.40. The molecule has 0 unspecified atom stereocenters. The third kappa shape index (κ3) is 8.09. The van der Waals surface area contributed by atoms with Crippen molar-refractivity contribution < 1.29 is 13.0 Å². The zero-order chi connectivity index (χ0) is 15.9. The number of rotatable bonds is 3. The SMILES string of the molecule is CS(=O)(=O)O.Nc1ccc(C[C@H](N)c2ccccc2)cc1. The van der Waals surface area contributed by atoms with Crippen LogP contribution in [0.15, 0.2) is 54.6 Å². The summed E-state index contributed by atoms with van der Waals surface area (Å²) in [4.78, 5) is 0. The lowest BCUT2D eigenvalue weighted by molar-refractivity contribution is 0.490. The number of hydrogen-bond acceptors (Lipinski definition) is 4. The lowest BCUT2D eigenvalue weighted by Crippen LogP contribution is -2.13. The van der Waals surface area contributed by atoms with Gasteiger partial charge in [-0.1, -0.05) is 42.5 Å². The third-order valence-electron chi connectivity index (χ3n) is 2.66. The summed E-state index contributed by atoms with van der Waals surface area (Å²) in [6.45, 7) is 0. The first-order valence-corrected chi connectivity index (χ1v) is 8.18. The molecular weight excluding hydrogens is 288 g/mol. The Morgan fingerprint density at radius 1 is 1.05 bits per heavy atom. The van der Waals surface area contributed by atoms with Gasteiger partial charge in [-0.15, -0.1) is 0 Å². The molecule has 0 aliphatic carbocycles. The number of nitrogens with two attached hydrogens (primary N) is 2. The van der Waals surface area contributed by atoms with Crippen molar-refractivity contribution >= 4 is 15.8 Å². The topological polar surface area (TPSA) is 106 Å². The smallest absolute Gasteiger partial charge is 0.261 e. The second kappa shape index (κ2) is 7.78. The van der Waals surface area contributed by atoms with Crippen molar-refractivity contribution in [2.75, 3.05) is 12.0 Å². The number of nitrogen functional groups attached to an aromatic ring is 1. The highest BCUT2D eigenvalue weighted by atomic mass is 32.2. The zero-order valence-electron chi connectivity index (χ0n) is 11.8. The second-order valence-electron chi connectivity index (χ2n) is 4.70. The molecule has 0 aliphatic rings. The fraction of sp³-hybridized carbons (Fsp3) is 0.200. The van der Waals surface area contributed by atoms with E-state index >= 15 is 0 Å². The summed E-state index contributed by atoms with van der Waals surface area (Å²) in [5, 5.41) is 0. The van der Waals surface area contributed by atoms with Crippen LogP contribution in [0.1, 0.15) is 17.2 Å². The van der Waals surface area contributed by atoms with Crippen LogP contribution in [0.4, 0.5) is 5.69 Å².